The summed E-state index contributed by atoms with van der Waals surface area (Å²) in [6.07, 6.45) is 0. The van der Waals surface area contributed by atoms with E-state index in [1.54, 1.807) is 0 Å². The molecule has 102 valence electrons. The topological polar surface area (TPSA) is 28.8 Å². The average molecular weight is 393 g/mol. The Morgan fingerprint density at radius 1 is 0.850 bits per heavy atom. The molecule has 1 aromatic heterocycles. The van der Waals surface area contributed by atoms with Gasteiger partial charge in [0.15, 0.2) is 4.80 Å². The van der Waals surface area contributed by atoms with E-state index >= 15 is 0 Å². The van der Waals surface area contributed by atoms with Crippen molar-refractivity contribution in [2.45, 2.75) is 0 Å². The number of aromatic nitrogens is 1. The van der Waals surface area contributed by atoms with Gasteiger partial charge in [0.25, 0.3) is 0 Å². The lowest BCUT2D eigenvalue weighted by atomic mass is 10.1. The van der Waals surface area contributed by atoms with Gasteiger partial charge in [-0.25, -0.2) is 0 Å². The van der Waals surface area contributed by atoms with E-state index in [-0.39, 0.29) is 24.0 Å². The molecule has 3 aromatic rings. The van der Waals surface area contributed by atoms with Gasteiger partial charge in [0.2, 0.25) is 0 Å². The van der Waals surface area contributed by atoms with E-state index in [4.69, 9.17) is 5.41 Å². The first-order chi connectivity index (χ1) is 9.27. The third-order valence-corrected chi connectivity index (χ3v) is 4.24. The van der Waals surface area contributed by atoms with Crippen LogP contribution in [-0.4, -0.2) is 4.57 Å². The molecule has 0 bridgehead atoms. The molecule has 0 aliphatic rings. The van der Waals surface area contributed by atoms with E-state index in [2.05, 4.69) is 24.3 Å². The summed E-state index contributed by atoms with van der Waals surface area (Å²) in [5.41, 5.74) is 3.43. The van der Waals surface area contributed by atoms with Gasteiger partial charge in [-0.15, -0.1) is 0 Å². The minimum absolute atomic E-state index is 0. The summed E-state index contributed by atoms with van der Waals surface area (Å²) in [4.78, 5) is 1.72. The highest BCUT2D eigenvalue weighted by Crippen LogP contribution is 2.33. The third kappa shape index (κ3) is 2.71. The first-order valence-corrected chi connectivity index (χ1v) is 6.94. The van der Waals surface area contributed by atoms with Crippen LogP contribution in [0.3, 0.4) is 0 Å². The molecule has 2 nitrogen and oxygen atoms in total. The minimum Gasteiger partial charge on any atom is -1.00 e. The number of benzene rings is 2. The molecule has 0 aliphatic carbocycles. The van der Waals surface area contributed by atoms with Crippen LogP contribution in [0.2, 0.25) is 0 Å². The van der Waals surface area contributed by atoms with Gasteiger partial charge in [-0.2, -0.15) is 0 Å². The van der Waals surface area contributed by atoms with Gasteiger partial charge in [-0.05, 0) is 11.1 Å². The van der Waals surface area contributed by atoms with Crippen LogP contribution in [0.15, 0.2) is 60.7 Å². The Balaban J connectivity index is 0.00000147. The smallest absolute Gasteiger partial charge is 0.182 e. The molecule has 0 amide bonds. The number of halogens is 1. The summed E-state index contributed by atoms with van der Waals surface area (Å²) in [6, 6.07) is 20.5. The van der Waals surface area contributed by atoms with Crippen molar-refractivity contribution >= 4 is 11.3 Å². The van der Waals surface area contributed by atoms with Crippen LogP contribution >= 0.6 is 11.3 Å². The second-order valence-corrected chi connectivity index (χ2v) is 5.38. The summed E-state index contributed by atoms with van der Waals surface area (Å²) >= 11 is 1.52. The van der Waals surface area contributed by atoms with Gasteiger partial charge in [0.1, 0.15) is 0 Å². The number of thiazole rings is 1. The highest BCUT2D eigenvalue weighted by Gasteiger charge is 2.13. The molecule has 4 heteroatoms. The monoisotopic (exact) mass is 393 g/mol. The summed E-state index contributed by atoms with van der Waals surface area (Å²) in [7, 11) is 1.95. The van der Waals surface area contributed by atoms with Crippen LogP contribution in [0.5, 0.6) is 0 Å². The summed E-state index contributed by atoms with van der Waals surface area (Å²) in [5, 5.41) is 8.06. The summed E-state index contributed by atoms with van der Waals surface area (Å²) in [5.74, 6) is 0. The van der Waals surface area contributed by atoms with E-state index in [0.717, 1.165) is 16.1 Å². The van der Waals surface area contributed by atoms with E-state index in [1.807, 2.05) is 48.0 Å². The van der Waals surface area contributed by atoms with Crippen LogP contribution in [0.4, 0.5) is 0 Å². The van der Waals surface area contributed by atoms with Crippen LogP contribution in [0.1, 0.15) is 0 Å². The zero-order chi connectivity index (χ0) is 13.2. The van der Waals surface area contributed by atoms with Crippen LogP contribution in [-0.2, 0) is 7.05 Å². The maximum atomic E-state index is 8.06. The SMILES string of the molecule is Cn1c(-c2ccccc2)c(-c2ccccc2)sc1=N.[I-]. The van der Waals surface area contributed by atoms with E-state index in [9.17, 15) is 0 Å². The molecule has 0 saturated carbocycles. The van der Waals surface area contributed by atoms with Gasteiger partial charge in [-0.3, -0.25) is 5.41 Å². The lowest BCUT2D eigenvalue weighted by Gasteiger charge is -2.06. The summed E-state index contributed by atoms with van der Waals surface area (Å²) in [6.45, 7) is 0. The Morgan fingerprint density at radius 2 is 1.35 bits per heavy atom. The molecule has 3 rings (SSSR count). The van der Waals surface area contributed by atoms with Gasteiger partial charge < -0.3 is 28.5 Å². The molecule has 0 aliphatic heterocycles. The number of rotatable bonds is 2. The Labute approximate surface area is 139 Å². The number of hydrogen-bond acceptors (Lipinski definition) is 2. The molecule has 0 atom stereocenters. The maximum Gasteiger partial charge on any atom is 0.182 e. The summed E-state index contributed by atoms with van der Waals surface area (Å²) < 4.78 is 1.95. The van der Waals surface area contributed by atoms with Gasteiger partial charge in [0.05, 0.1) is 10.6 Å². The van der Waals surface area contributed by atoms with Crippen molar-refractivity contribution in [2.75, 3.05) is 0 Å². The molecule has 2 aromatic carbocycles. The fourth-order valence-electron chi connectivity index (χ4n) is 2.17. The van der Waals surface area contributed by atoms with Crippen LogP contribution < -0.4 is 28.8 Å². The van der Waals surface area contributed by atoms with Crippen molar-refractivity contribution in [1.29, 1.82) is 5.41 Å². The molecule has 0 spiro atoms. The Bertz CT molecular complexity index is 745. The molecule has 20 heavy (non-hydrogen) atoms. The Kier molecular flexibility index (Phi) is 4.77. The highest BCUT2D eigenvalue weighted by molar-refractivity contribution is 7.13. The first kappa shape index (κ1) is 15.0. The van der Waals surface area contributed by atoms with Crippen molar-refractivity contribution in [3.05, 3.63) is 65.5 Å². The van der Waals surface area contributed by atoms with E-state index in [1.165, 1.54) is 16.9 Å². The molecule has 1 N–H and O–H groups in total. The predicted octanol–water partition coefficient (Wildman–Crippen LogP) is 0.904. The Hall–Kier alpha value is -1.40. The zero-order valence-corrected chi connectivity index (χ0v) is 14.0. The zero-order valence-electron chi connectivity index (χ0n) is 11.0. The molecule has 0 fully saturated rings. The van der Waals surface area contributed by atoms with E-state index in [0.29, 0.717) is 4.80 Å². The lowest BCUT2D eigenvalue weighted by molar-refractivity contribution is -0.00000391. The largest absolute Gasteiger partial charge is 1.00 e. The molecule has 0 unspecified atom stereocenters. The first-order valence-electron chi connectivity index (χ1n) is 6.12. The highest BCUT2D eigenvalue weighted by atomic mass is 127. The van der Waals surface area contributed by atoms with Gasteiger partial charge >= 0.3 is 0 Å². The standard InChI is InChI=1S/C16H14N2S.HI/c1-18-14(12-8-4-2-5-9-12)15(19-16(18)17)13-10-6-3-7-11-13;/h2-11,17H,1H3;1H/p-1. The quantitative estimate of drug-likeness (QED) is 0.628. The van der Waals surface area contributed by atoms with Crippen molar-refractivity contribution in [3.8, 4) is 21.7 Å². The maximum absolute atomic E-state index is 8.06. The Morgan fingerprint density at radius 3 is 1.90 bits per heavy atom. The van der Waals surface area contributed by atoms with E-state index < -0.39 is 0 Å². The molecular weight excluding hydrogens is 379 g/mol. The van der Waals surface area contributed by atoms with Gasteiger partial charge in [0, 0.05) is 7.05 Å². The third-order valence-electron chi connectivity index (χ3n) is 3.14. The van der Waals surface area contributed by atoms with Crippen molar-refractivity contribution < 1.29 is 24.0 Å². The second kappa shape index (κ2) is 6.37. The normalized spacial score (nSPS) is 10.1. The van der Waals surface area contributed by atoms with Crippen LogP contribution in [0.25, 0.3) is 21.7 Å². The predicted molar refractivity (Wildman–Crippen MR) is 80.0 cm³/mol. The van der Waals surface area contributed by atoms with Crippen molar-refractivity contribution in [3.63, 3.8) is 0 Å². The number of nitrogens with one attached hydrogen (secondary N) is 1. The van der Waals surface area contributed by atoms with Crippen molar-refractivity contribution in [2.24, 2.45) is 7.05 Å². The molecule has 0 radical (unpaired) electrons. The molecular formula is C16H14IN2S-. The average Bonchev–Trinajstić information content (AvgIpc) is 2.77. The van der Waals surface area contributed by atoms with Gasteiger partial charge in [-0.1, -0.05) is 72.0 Å². The fraction of sp³-hybridized carbons (Fsp3) is 0.0625. The molecule has 0 saturated heterocycles. The second-order valence-electron chi connectivity index (χ2n) is 4.38. The van der Waals surface area contributed by atoms with Crippen molar-refractivity contribution in [1.82, 2.24) is 4.57 Å². The number of nitrogens with zero attached hydrogens (tertiary/aromatic N) is 1. The fourth-order valence-corrected chi connectivity index (χ4v) is 3.20. The van der Waals surface area contributed by atoms with Crippen LogP contribution in [0, 0.1) is 5.41 Å². The lowest BCUT2D eigenvalue weighted by Crippen LogP contribution is -3.00. The molecule has 1 heterocycles. The number of hydrogen-bond donors (Lipinski definition) is 1. The minimum atomic E-state index is 0.